The number of aromatic nitrogens is 1. The number of para-hydroxylation sites is 1. The predicted molar refractivity (Wildman–Crippen MR) is 83.9 cm³/mol. The van der Waals surface area contributed by atoms with E-state index in [4.69, 9.17) is 0 Å². The van der Waals surface area contributed by atoms with Crippen LogP contribution in [-0.4, -0.2) is 23.3 Å². The van der Waals surface area contributed by atoms with Gasteiger partial charge in [0.1, 0.15) is 5.56 Å². The fraction of sp³-hybridized carbons (Fsp3) is 0.188. The van der Waals surface area contributed by atoms with Gasteiger partial charge in [-0.15, -0.1) is 0 Å². The summed E-state index contributed by atoms with van der Waals surface area (Å²) in [6.07, 6.45) is 1.44. The first kappa shape index (κ1) is 15.5. The molecule has 0 saturated heterocycles. The number of carbonyl (C=O) groups is 2. The number of nitrogens with one attached hydrogen (secondary N) is 3. The smallest absolute Gasteiger partial charge is 0.260 e. The predicted octanol–water partition coefficient (Wildman–Crippen LogP) is 1.36. The van der Waals surface area contributed by atoms with Crippen molar-refractivity contribution < 1.29 is 9.59 Å². The van der Waals surface area contributed by atoms with Crippen molar-refractivity contribution in [2.75, 3.05) is 11.9 Å². The zero-order chi connectivity index (χ0) is 16.1. The van der Waals surface area contributed by atoms with Crippen molar-refractivity contribution in [1.29, 1.82) is 0 Å². The molecule has 2 rings (SSSR count). The Morgan fingerprint density at radius 1 is 1.09 bits per heavy atom. The van der Waals surface area contributed by atoms with Crippen LogP contribution in [0.5, 0.6) is 0 Å². The van der Waals surface area contributed by atoms with Gasteiger partial charge in [-0.1, -0.05) is 18.2 Å². The standard InChI is InChI=1S/C16H17N3O3/c1-10-5-3-6-11(2)14(10)19-13(20)9-18-16(22)12-7-4-8-17-15(12)21/h3-8H,9H2,1-2H3,(H,17,21)(H,18,22)(H,19,20). The van der Waals surface area contributed by atoms with Crippen LogP contribution in [0.1, 0.15) is 21.5 Å². The maximum absolute atomic E-state index is 11.9. The molecule has 22 heavy (non-hydrogen) atoms. The van der Waals surface area contributed by atoms with Crippen molar-refractivity contribution >= 4 is 17.5 Å². The van der Waals surface area contributed by atoms with Gasteiger partial charge in [0.25, 0.3) is 11.5 Å². The van der Waals surface area contributed by atoms with Gasteiger partial charge in [-0.05, 0) is 37.1 Å². The molecule has 0 spiro atoms. The number of aromatic amines is 1. The summed E-state index contributed by atoms with van der Waals surface area (Å²) in [5.41, 5.74) is 2.11. The van der Waals surface area contributed by atoms with Gasteiger partial charge in [-0.2, -0.15) is 0 Å². The van der Waals surface area contributed by atoms with Gasteiger partial charge in [0.05, 0.1) is 6.54 Å². The van der Waals surface area contributed by atoms with E-state index in [1.54, 1.807) is 6.07 Å². The minimum Gasteiger partial charge on any atom is -0.343 e. The molecule has 1 aromatic carbocycles. The Hall–Kier alpha value is -2.89. The maximum Gasteiger partial charge on any atom is 0.260 e. The number of anilines is 1. The van der Waals surface area contributed by atoms with Gasteiger partial charge in [0.2, 0.25) is 5.91 Å². The summed E-state index contributed by atoms with van der Waals surface area (Å²) in [5.74, 6) is -0.934. The van der Waals surface area contributed by atoms with Crippen molar-refractivity contribution in [3.63, 3.8) is 0 Å². The molecule has 1 aromatic heterocycles. The van der Waals surface area contributed by atoms with Crippen molar-refractivity contribution in [3.8, 4) is 0 Å². The average Bonchev–Trinajstić information content (AvgIpc) is 2.49. The molecule has 2 aromatic rings. The molecule has 0 unspecified atom stereocenters. The second-order valence-corrected chi connectivity index (χ2v) is 4.91. The fourth-order valence-corrected chi connectivity index (χ4v) is 2.05. The Bertz CT molecular complexity index is 745. The molecule has 0 bridgehead atoms. The van der Waals surface area contributed by atoms with E-state index < -0.39 is 11.5 Å². The largest absolute Gasteiger partial charge is 0.343 e. The monoisotopic (exact) mass is 299 g/mol. The maximum atomic E-state index is 11.9. The molecule has 6 nitrogen and oxygen atoms in total. The normalized spacial score (nSPS) is 10.1. The summed E-state index contributed by atoms with van der Waals surface area (Å²) >= 11 is 0. The summed E-state index contributed by atoms with van der Waals surface area (Å²) in [4.78, 5) is 37.6. The summed E-state index contributed by atoms with van der Waals surface area (Å²) < 4.78 is 0. The molecule has 0 radical (unpaired) electrons. The lowest BCUT2D eigenvalue weighted by molar-refractivity contribution is -0.115. The van der Waals surface area contributed by atoms with Gasteiger partial charge >= 0.3 is 0 Å². The Morgan fingerprint density at radius 2 is 1.77 bits per heavy atom. The number of hydrogen-bond donors (Lipinski definition) is 3. The van der Waals surface area contributed by atoms with E-state index in [0.29, 0.717) is 0 Å². The number of aryl methyl sites for hydroxylation is 2. The van der Waals surface area contributed by atoms with E-state index in [2.05, 4.69) is 15.6 Å². The third kappa shape index (κ3) is 3.60. The van der Waals surface area contributed by atoms with Crippen LogP contribution >= 0.6 is 0 Å². The van der Waals surface area contributed by atoms with Crippen LogP contribution in [0.2, 0.25) is 0 Å². The van der Waals surface area contributed by atoms with Crippen molar-refractivity contribution in [2.45, 2.75) is 13.8 Å². The second-order valence-electron chi connectivity index (χ2n) is 4.91. The van der Waals surface area contributed by atoms with Crippen LogP contribution in [-0.2, 0) is 4.79 Å². The number of carbonyl (C=O) groups excluding carboxylic acids is 2. The van der Waals surface area contributed by atoms with Crippen LogP contribution < -0.4 is 16.2 Å². The number of H-pyrrole nitrogens is 1. The van der Waals surface area contributed by atoms with E-state index in [0.717, 1.165) is 16.8 Å². The van der Waals surface area contributed by atoms with Crippen LogP contribution in [0, 0.1) is 13.8 Å². The highest BCUT2D eigenvalue weighted by Gasteiger charge is 2.12. The van der Waals surface area contributed by atoms with Crippen molar-refractivity contribution in [2.24, 2.45) is 0 Å². The summed E-state index contributed by atoms with van der Waals surface area (Å²) in [6.45, 7) is 3.58. The Morgan fingerprint density at radius 3 is 2.41 bits per heavy atom. The van der Waals surface area contributed by atoms with Crippen molar-refractivity contribution in [1.82, 2.24) is 10.3 Å². The molecule has 3 N–H and O–H groups in total. The van der Waals surface area contributed by atoms with Gasteiger partial charge in [0.15, 0.2) is 0 Å². The van der Waals surface area contributed by atoms with Crippen LogP contribution in [0.25, 0.3) is 0 Å². The Balaban J connectivity index is 1.98. The fourth-order valence-electron chi connectivity index (χ4n) is 2.05. The van der Waals surface area contributed by atoms with Crippen molar-refractivity contribution in [3.05, 3.63) is 63.6 Å². The number of hydrogen-bond acceptors (Lipinski definition) is 3. The molecular weight excluding hydrogens is 282 g/mol. The highest BCUT2D eigenvalue weighted by atomic mass is 16.2. The molecule has 0 aliphatic rings. The summed E-state index contributed by atoms with van der Waals surface area (Å²) in [6, 6.07) is 8.64. The molecule has 0 atom stereocenters. The van der Waals surface area contributed by atoms with Crippen LogP contribution in [0.15, 0.2) is 41.3 Å². The average molecular weight is 299 g/mol. The SMILES string of the molecule is Cc1cccc(C)c1NC(=O)CNC(=O)c1ccc[nH]c1=O. The molecule has 0 saturated carbocycles. The lowest BCUT2D eigenvalue weighted by atomic mass is 10.1. The minimum atomic E-state index is -0.585. The number of amides is 2. The zero-order valence-electron chi connectivity index (χ0n) is 12.4. The lowest BCUT2D eigenvalue weighted by Crippen LogP contribution is -2.35. The molecule has 1 heterocycles. The van der Waals surface area contributed by atoms with E-state index >= 15 is 0 Å². The molecule has 114 valence electrons. The van der Waals surface area contributed by atoms with Crippen LogP contribution in [0.3, 0.4) is 0 Å². The minimum absolute atomic E-state index is 0.0256. The third-order valence-corrected chi connectivity index (χ3v) is 3.22. The van der Waals surface area contributed by atoms with Gasteiger partial charge in [-0.25, -0.2) is 0 Å². The Kier molecular flexibility index (Phi) is 4.73. The first-order chi connectivity index (χ1) is 10.5. The first-order valence-electron chi connectivity index (χ1n) is 6.81. The molecule has 0 aliphatic carbocycles. The van der Waals surface area contributed by atoms with Gasteiger partial charge in [-0.3, -0.25) is 14.4 Å². The lowest BCUT2D eigenvalue weighted by Gasteiger charge is -2.11. The quantitative estimate of drug-likeness (QED) is 0.796. The number of benzene rings is 1. The van der Waals surface area contributed by atoms with E-state index in [-0.39, 0.29) is 18.0 Å². The van der Waals surface area contributed by atoms with E-state index in [9.17, 15) is 14.4 Å². The van der Waals surface area contributed by atoms with Gasteiger partial charge < -0.3 is 15.6 Å². The first-order valence-corrected chi connectivity index (χ1v) is 6.81. The second kappa shape index (κ2) is 6.71. The highest BCUT2D eigenvalue weighted by molar-refractivity contribution is 5.99. The highest BCUT2D eigenvalue weighted by Crippen LogP contribution is 2.18. The number of pyridine rings is 1. The third-order valence-electron chi connectivity index (χ3n) is 3.22. The van der Waals surface area contributed by atoms with Crippen LogP contribution in [0.4, 0.5) is 5.69 Å². The molecule has 0 fully saturated rings. The summed E-state index contributed by atoms with van der Waals surface area (Å²) in [7, 11) is 0. The summed E-state index contributed by atoms with van der Waals surface area (Å²) in [5, 5.41) is 5.19. The number of rotatable bonds is 4. The molecular formula is C16H17N3O3. The zero-order valence-corrected chi connectivity index (χ0v) is 12.4. The van der Waals surface area contributed by atoms with Gasteiger partial charge in [0, 0.05) is 11.9 Å². The topological polar surface area (TPSA) is 91.1 Å². The molecule has 0 aliphatic heterocycles. The Labute approximate surface area is 127 Å². The van der Waals surface area contributed by atoms with E-state index in [1.807, 2.05) is 32.0 Å². The molecule has 6 heteroatoms. The van der Waals surface area contributed by atoms with E-state index in [1.165, 1.54) is 12.3 Å². The molecule has 2 amide bonds.